The molecule has 1 aromatic rings. The number of allylic oxidation sites excluding steroid dienone is 2. The van der Waals surface area contributed by atoms with Gasteiger partial charge in [-0.2, -0.15) is 0 Å². The third-order valence-corrected chi connectivity index (χ3v) is 3.76. The molecule has 1 aromatic carbocycles. The van der Waals surface area contributed by atoms with Crippen molar-refractivity contribution in [1.82, 2.24) is 5.32 Å². The van der Waals surface area contributed by atoms with Crippen LogP contribution in [0.15, 0.2) is 42.1 Å². The van der Waals surface area contributed by atoms with Crippen LogP contribution in [-0.4, -0.2) is 5.66 Å². The minimum atomic E-state index is -0.734. The van der Waals surface area contributed by atoms with E-state index in [0.717, 1.165) is 11.3 Å². The quantitative estimate of drug-likeness (QED) is 0.724. The summed E-state index contributed by atoms with van der Waals surface area (Å²) in [5, 5.41) is 3.40. The Morgan fingerprint density at radius 1 is 1.05 bits per heavy atom. The van der Waals surface area contributed by atoms with Gasteiger partial charge in [0.05, 0.1) is 0 Å². The molecule has 0 aromatic heterocycles. The lowest BCUT2D eigenvalue weighted by molar-refractivity contribution is 0.201. The molecule has 0 aliphatic carbocycles. The number of dihydropyridines is 1. The summed E-state index contributed by atoms with van der Waals surface area (Å²) in [6.45, 7) is 8.32. The van der Waals surface area contributed by atoms with Gasteiger partial charge < -0.3 is 16.8 Å². The lowest BCUT2D eigenvalue weighted by Gasteiger charge is -2.45. The van der Waals surface area contributed by atoms with E-state index < -0.39 is 5.66 Å². The van der Waals surface area contributed by atoms with Crippen LogP contribution < -0.4 is 16.8 Å². The van der Waals surface area contributed by atoms with Gasteiger partial charge in [0, 0.05) is 16.8 Å². The van der Waals surface area contributed by atoms with Crippen molar-refractivity contribution in [3.05, 3.63) is 53.2 Å². The number of nitrogens with two attached hydrogens (primary N) is 2. The summed E-state index contributed by atoms with van der Waals surface area (Å²) in [5.41, 5.74) is 15.7. The van der Waals surface area contributed by atoms with Crippen LogP contribution in [0.25, 0.3) is 5.70 Å². The number of hydrogen-bond donors (Lipinski definition) is 3. The monoisotopic (exact) mass is 257 g/mol. The molecule has 1 heterocycles. The van der Waals surface area contributed by atoms with Gasteiger partial charge in [-0.3, -0.25) is 0 Å². The molecule has 3 heteroatoms. The summed E-state index contributed by atoms with van der Waals surface area (Å²) in [7, 11) is 0. The molecule has 5 N–H and O–H groups in total. The van der Waals surface area contributed by atoms with Gasteiger partial charge in [-0.25, -0.2) is 0 Å². The van der Waals surface area contributed by atoms with E-state index in [-0.39, 0.29) is 5.41 Å². The Bertz CT molecular complexity index is 532. The molecular formula is C16H23N3. The first-order valence-corrected chi connectivity index (χ1v) is 6.56. The van der Waals surface area contributed by atoms with Crippen LogP contribution in [0.2, 0.25) is 0 Å². The van der Waals surface area contributed by atoms with Crippen molar-refractivity contribution in [2.75, 3.05) is 0 Å². The highest BCUT2D eigenvalue weighted by atomic mass is 15.2. The average molecular weight is 257 g/mol. The average Bonchev–Trinajstić information content (AvgIpc) is 2.32. The summed E-state index contributed by atoms with van der Waals surface area (Å²) in [4.78, 5) is 0. The normalized spacial score (nSPS) is 23.4. The summed E-state index contributed by atoms with van der Waals surface area (Å²) >= 11 is 0. The Balaban J connectivity index is 2.39. The smallest absolute Gasteiger partial charge is 0.132 e. The van der Waals surface area contributed by atoms with Crippen molar-refractivity contribution in [1.29, 1.82) is 0 Å². The van der Waals surface area contributed by atoms with E-state index in [0.29, 0.717) is 5.70 Å². The van der Waals surface area contributed by atoms with Crippen LogP contribution >= 0.6 is 0 Å². The van der Waals surface area contributed by atoms with Crippen LogP contribution in [-0.2, 0) is 0 Å². The standard InChI is InChI=1S/C16H23N3/c1-11-5-7-12(8-6-11)13-9-10-14(17)16(18,19-13)15(2,3)4/h5-10,19H,17-18H2,1-4H3. The number of rotatable bonds is 1. The molecule has 0 amide bonds. The first-order chi connectivity index (χ1) is 8.74. The molecule has 19 heavy (non-hydrogen) atoms. The predicted molar refractivity (Wildman–Crippen MR) is 80.9 cm³/mol. The van der Waals surface area contributed by atoms with E-state index in [1.807, 2.05) is 12.2 Å². The second kappa shape index (κ2) is 4.42. The molecule has 1 unspecified atom stereocenters. The number of nitrogens with one attached hydrogen (secondary N) is 1. The van der Waals surface area contributed by atoms with Crippen LogP contribution in [0.1, 0.15) is 31.9 Å². The van der Waals surface area contributed by atoms with Crippen LogP contribution in [0.5, 0.6) is 0 Å². The summed E-state index contributed by atoms with van der Waals surface area (Å²) in [6.07, 6.45) is 3.88. The van der Waals surface area contributed by atoms with E-state index in [1.165, 1.54) is 5.56 Å². The van der Waals surface area contributed by atoms with Gasteiger partial charge in [-0.05, 0) is 24.6 Å². The van der Waals surface area contributed by atoms with E-state index in [1.54, 1.807) is 0 Å². The topological polar surface area (TPSA) is 64.1 Å². The van der Waals surface area contributed by atoms with Crippen molar-refractivity contribution in [3.8, 4) is 0 Å². The van der Waals surface area contributed by atoms with E-state index in [9.17, 15) is 0 Å². The molecule has 1 aliphatic heterocycles. The Labute approximate surface area is 115 Å². The van der Waals surface area contributed by atoms with Gasteiger partial charge in [0.2, 0.25) is 0 Å². The molecule has 0 bridgehead atoms. The van der Waals surface area contributed by atoms with Crippen molar-refractivity contribution in [2.45, 2.75) is 33.4 Å². The molecule has 0 radical (unpaired) electrons. The van der Waals surface area contributed by atoms with E-state index in [4.69, 9.17) is 11.5 Å². The largest absolute Gasteiger partial charge is 0.399 e. The second-order valence-corrected chi connectivity index (χ2v) is 6.25. The minimum Gasteiger partial charge on any atom is -0.399 e. The molecule has 0 saturated carbocycles. The zero-order valence-corrected chi connectivity index (χ0v) is 12.1. The lowest BCUT2D eigenvalue weighted by Crippen LogP contribution is -2.65. The highest BCUT2D eigenvalue weighted by Gasteiger charge is 2.42. The van der Waals surface area contributed by atoms with Gasteiger partial charge in [-0.15, -0.1) is 0 Å². The zero-order chi connectivity index (χ0) is 14.3. The second-order valence-electron chi connectivity index (χ2n) is 6.25. The van der Waals surface area contributed by atoms with E-state index in [2.05, 4.69) is 57.3 Å². The van der Waals surface area contributed by atoms with Gasteiger partial charge >= 0.3 is 0 Å². The zero-order valence-electron chi connectivity index (χ0n) is 12.1. The Morgan fingerprint density at radius 2 is 1.63 bits per heavy atom. The Morgan fingerprint density at radius 3 is 2.16 bits per heavy atom. The molecule has 2 rings (SSSR count). The van der Waals surface area contributed by atoms with Crippen molar-refractivity contribution in [3.63, 3.8) is 0 Å². The molecule has 3 nitrogen and oxygen atoms in total. The maximum Gasteiger partial charge on any atom is 0.132 e. The molecule has 0 spiro atoms. The molecule has 0 saturated heterocycles. The maximum absolute atomic E-state index is 6.49. The summed E-state index contributed by atoms with van der Waals surface area (Å²) in [5.74, 6) is 0. The maximum atomic E-state index is 6.49. The van der Waals surface area contributed by atoms with Crippen LogP contribution in [0.4, 0.5) is 0 Å². The molecular weight excluding hydrogens is 234 g/mol. The van der Waals surface area contributed by atoms with Gasteiger partial charge in [0.1, 0.15) is 5.66 Å². The first kappa shape index (κ1) is 13.7. The van der Waals surface area contributed by atoms with Crippen molar-refractivity contribution in [2.24, 2.45) is 16.9 Å². The van der Waals surface area contributed by atoms with Gasteiger partial charge in [0.25, 0.3) is 0 Å². The highest BCUT2D eigenvalue weighted by molar-refractivity contribution is 5.69. The number of benzene rings is 1. The van der Waals surface area contributed by atoms with Gasteiger partial charge in [0.15, 0.2) is 0 Å². The Kier molecular flexibility index (Phi) is 3.19. The molecule has 1 atom stereocenters. The fourth-order valence-corrected chi connectivity index (χ4v) is 2.15. The van der Waals surface area contributed by atoms with Crippen LogP contribution in [0.3, 0.4) is 0 Å². The third kappa shape index (κ3) is 2.38. The summed E-state index contributed by atoms with van der Waals surface area (Å²) in [6, 6.07) is 8.36. The predicted octanol–water partition coefficient (Wildman–Crippen LogP) is 2.48. The molecule has 102 valence electrons. The van der Waals surface area contributed by atoms with Crippen molar-refractivity contribution >= 4 is 5.70 Å². The molecule has 0 fully saturated rings. The van der Waals surface area contributed by atoms with Crippen molar-refractivity contribution < 1.29 is 0 Å². The fourth-order valence-electron chi connectivity index (χ4n) is 2.15. The highest BCUT2D eigenvalue weighted by Crippen LogP contribution is 2.34. The lowest BCUT2D eigenvalue weighted by atomic mass is 9.77. The fraction of sp³-hybridized carbons (Fsp3) is 0.375. The van der Waals surface area contributed by atoms with E-state index >= 15 is 0 Å². The Hall–Kier alpha value is -1.74. The molecule has 1 aliphatic rings. The number of hydrogen-bond acceptors (Lipinski definition) is 3. The SMILES string of the molecule is Cc1ccc(C2=CC=C(N)C(N)(C(C)(C)C)N2)cc1. The van der Waals surface area contributed by atoms with Crippen LogP contribution in [0, 0.1) is 12.3 Å². The number of aryl methyl sites for hydroxylation is 1. The summed E-state index contributed by atoms with van der Waals surface area (Å²) < 4.78 is 0. The first-order valence-electron chi connectivity index (χ1n) is 6.56. The minimum absolute atomic E-state index is 0.183. The third-order valence-electron chi connectivity index (χ3n) is 3.76. The van der Waals surface area contributed by atoms with Gasteiger partial charge in [-0.1, -0.05) is 50.6 Å².